The Hall–Kier alpha value is -2.90. The highest BCUT2D eigenvalue weighted by Crippen LogP contribution is 2.32. The van der Waals surface area contributed by atoms with E-state index >= 15 is 0 Å². The zero-order valence-electron chi connectivity index (χ0n) is 23.9. The number of hydrogen-bond donors (Lipinski definition) is 0. The first kappa shape index (κ1) is 32.3. The second kappa shape index (κ2) is 16.3. The number of carbonyl (C=O) groups excluding carboxylic acids is 1. The number of halogens is 1. The maximum Gasteiger partial charge on any atom is 0.270 e. The van der Waals surface area contributed by atoms with E-state index in [2.05, 4.69) is 25.7 Å². The lowest BCUT2D eigenvalue weighted by Gasteiger charge is -2.21. The van der Waals surface area contributed by atoms with Crippen LogP contribution in [0.3, 0.4) is 0 Å². The van der Waals surface area contributed by atoms with Crippen molar-refractivity contribution in [2.75, 3.05) is 26.2 Å². The number of fused-ring (bicyclic) bond motifs is 1. The van der Waals surface area contributed by atoms with Gasteiger partial charge in [0.2, 0.25) is 0 Å². The van der Waals surface area contributed by atoms with E-state index in [4.69, 9.17) is 4.74 Å². The average Bonchev–Trinajstić information content (AvgIpc) is 3.21. The number of non-ortho nitro benzene ring substituents is 1. The van der Waals surface area contributed by atoms with E-state index < -0.39 is 4.92 Å². The highest BCUT2D eigenvalue weighted by Gasteiger charge is 2.24. The molecule has 0 aliphatic carbocycles. The number of nitro groups is 1. The topological polar surface area (TPSA) is 77.6 Å². The lowest BCUT2D eigenvalue weighted by molar-refractivity contribution is -0.384. The summed E-state index contributed by atoms with van der Waals surface area (Å²) in [6.45, 7) is 10.5. The van der Waals surface area contributed by atoms with E-state index in [1.165, 1.54) is 37.8 Å². The molecule has 3 rings (SSSR count). The van der Waals surface area contributed by atoms with Crippen LogP contribution in [0, 0.1) is 10.1 Å². The summed E-state index contributed by atoms with van der Waals surface area (Å²) in [6.07, 6.45) is 8.51. The summed E-state index contributed by atoms with van der Waals surface area (Å²) in [7, 11) is 1.93. The van der Waals surface area contributed by atoms with E-state index in [0.717, 1.165) is 62.3 Å². The molecule has 214 valence electrons. The van der Waals surface area contributed by atoms with Crippen molar-refractivity contribution in [3.63, 3.8) is 0 Å². The van der Waals surface area contributed by atoms with E-state index in [0.29, 0.717) is 23.1 Å². The zero-order valence-corrected chi connectivity index (χ0v) is 24.7. The molecule has 1 heterocycles. The van der Waals surface area contributed by atoms with Gasteiger partial charge >= 0.3 is 0 Å². The van der Waals surface area contributed by atoms with Crippen LogP contribution in [0.1, 0.15) is 87.3 Å². The highest BCUT2D eigenvalue weighted by molar-refractivity contribution is 6.17. The molecule has 8 heteroatoms. The Morgan fingerprint density at radius 2 is 1.54 bits per heavy atom. The fourth-order valence-corrected chi connectivity index (χ4v) is 4.91. The molecule has 0 spiro atoms. The predicted molar refractivity (Wildman–Crippen MR) is 162 cm³/mol. The number of rotatable bonds is 17. The first-order valence-electron chi connectivity index (χ1n) is 14.2. The van der Waals surface area contributed by atoms with Gasteiger partial charge in [0.15, 0.2) is 5.78 Å². The van der Waals surface area contributed by atoms with Gasteiger partial charge in [-0.1, -0.05) is 40.0 Å². The van der Waals surface area contributed by atoms with Gasteiger partial charge in [0.1, 0.15) is 5.75 Å². The summed E-state index contributed by atoms with van der Waals surface area (Å²) < 4.78 is 7.99. The quantitative estimate of drug-likeness (QED) is 0.0733. The van der Waals surface area contributed by atoms with Crippen LogP contribution in [0.4, 0.5) is 5.69 Å². The number of unbranched alkanes of at least 4 members (excludes halogenated alkanes) is 3. The van der Waals surface area contributed by atoms with E-state index in [9.17, 15) is 14.9 Å². The third-order valence-corrected chi connectivity index (χ3v) is 7.17. The molecule has 0 amide bonds. The number of nitrogens with zero attached hydrogens (tertiary/aromatic N) is 3. The van der Waals surface area contributed by atoms with Gasteiger partial charge in [0.25, 0.3) is 5.69 Å². The molecule has 0 aliphatic rings. The van der Waals surface area contributed by atoms with Gasteiger partial charge in [-0.3, -0.25) is 14.9 Å². The van der Waals surface area contributed by atoms with Gasteiger partial charge in [0, 0.05) is 47.9 Å². The summed E-state index contributed by atoms with van der Waals surface area (Å²) >= 11 is 0. The summed E-state index contributed by atoms with van der Waals surface area (Å²) in [5.74, 6) is 0.631. The van der Waals surface area contributed by atoms with Gasteiger partial charge < -0.3 is 14.2 Å². The van der Waals surface area contributed by atoms with Crippen LogP contribution in [0.2, 0.25) is 0 Å². The molecule has 0 bridgehead atoms. The predicted octanol–water partition coefficient (Wildman–Crippen LogP) is 7.75. The number of carbonyl (C=O) groups is 1. The maximum atomic E-state index is 13.7. The number of ether oxygens (including phenoxy) is 1. The molecule has 0 radical (unpaired) electrons. The number of benzene rings is 2. The first-order chi connectivity index (χ1) is 18.4. The molecule has 0 unspecified atom stereocenters. The maximum absolute atomic E-state index is 13.7. The smallest absolute Gasteiger partial charge is 0.270 e. The van der Waals surface area contributed by atoms with Crippen molar-refractivity contribution in [1.82, 2.24) is 9.47 Å². The Morgan fingerprint density at radius 3 is 2.13 bits per heavy atom. The second-order valence-corrected chi connectivity index (χ2v) is 10.0. The van der Waals surface area contributed by atoms with Crippen molar-refractivity contribution in [2.45, 2.75) is 72.1 Å². The number of hydrogen-bond acceptors (Lipinski definition) is 5. The summed E-state index contributed by atoms with van der Waals surface area (Å²) in [5, 5.41) is 12.1. The molecule has 3 aromatic rings. The number of aromatic nitrogens is 1. The fraction of sp³-hybridized carbons (Fsp3) is 0.516. The number of nitro benzene ring substituents is 1. The summed E-state index contributed by atoms with van der Waals surface area (Å²) in [4.78, 5) is 27.3. The van der Waals surface area contributed by atoms with Gasteiger partial charge in [-0.2, -0.15) is 0 Å². The minimum Gasteiger partial charge on any atom is -0.494 e. The summed E-state index contributed by atoms with van der Waals surface area (Å²) in [6, 6.07) is 12.1. The molecular weight excluding hydrogens is 514 g/mol. The molecule has 7 nitrogen and oxygen atoms in total. The molecule has 0 saturated carbocycles. The molecule has 1 aromatic heterocycles. The Morgan fingerprint density at radius 1 is 0.923 bits per heavy atom. The van der Waals surface area contributed by atoms with Crippen LogP contribution in [0.15, 0.2) is 42.5 Å². The average molecular weight is 558 g/mol. The van der Waals surface area contributed by atoms with Crippen molar-refractivity contribution in [3.05, 3.63) is 69.4 Å². The van der Waals surface area contributed by atoms with Crippen molar-refractivity contribution < 1.29 is 14.5 Å². The molecule has 0 saturated heterocycles. The number of ketones is 1. The van der Waals surface area contributed by atoms with Crippen molar-refractivity contribution in [3.8, 4) is 5.75 Å². The standard InChI is InChI=1S/C31H43N3O4.ClH/c1-5-8-12-29-30(27-23-25(34(36)37)15-18-28(27)32(29)4)31(35)24-13-16-26(17-14-24)38-22-11-21-33(19-9-6-2)20-10-7-3;/h13-18,23H,5-12,19-22H2,1-4H3;1H. The van der Waals surface area contributed by atoms with E-state index in [-0.39, 0.29) is 23.9 Å². The van der Waals surface area contributed by atoms with E-state index in [1.54, 1.807) is 18.2 Å². The second-order valence-electron chi connectivity index (χ2n) is 10.0. The SMILES string of the molecule is CCCCc1c(C(=O)c2ccc(OCCCN(CCCC)CCCC)cc2)c2cc([N+](=O)[O-])ccc2n1C.Cl. The lowest BCUT2D eigenvalue weighted by atomic mass is 9.98. The van der Waals surface area contributed by atoms with Crippen molar-refractivity contribution in [2.24, 2.45) is 7.05 Å². The normalized spacial score (nSPS) is 11.1. The Bertz CT molecular complexity index is 1200. The van der Waals surface area contributed by atoms with Gasteiger partial charge in [-0.15, -0.1) is 12.4 Å². The first-order valence-corrected chi connectivity index (χ1v) is 14.2. The van der Waals surface area contributed by atoms with Crippen molar-refractivity contribution in [1.29, 1.82) is 0 Å². The fourth-order valence-electron chi connectivity index (χ4n) is 4.91. The Kier molecular flexibility index (Phi) is 13.5. The largest absolute Gasteiger partial charge is 0.494 e. The van der Waals surface area contributed by atoms with Crippen LogP contribution >= 0.6 is 12.4 Å². The monoisotopic (exact) mass is 557 g/mol. The minimum absolute atomic E-state index is 0. The van der Waals surface area contributed by atoms with Gasteiger partial charge in [0.05, 0.1) is 17.1 Å². The van der Waals surface area contributed by atoms with Crippen LogP contribution in [0.5, 0.6) is 5.75 Å². The Balaban J connectivity index is 0.00000533. The van der Waals surface area contributed by atoms with Gasteiger partial charge in [-0.25, -0.2) is 0 Å². The third-order valence-electron chi connectivity index (χ3n) is 7.17. The van der Waals surface area contributed by atoms with Crippen LogP contribution in [0.25, 0.3) is 10.9 Å². The highest BCUT2D eigenvalue weighted by atomic mass is 35.5. The molecule has 0 aliphatic heterocycles. The molecule has 0 atom stereocenters. The Labute approximate surface area is 239 Å². The third kappa shape index (κ3) is 8.54. The zero-order chi connectivity index (χ0) is 27.5. The molecule has 0 fully saturated rings. The van der Waals surface area contributed by atoms with E-state index in [1.807, 2.05) is 23.7 Å². The van der Waals surface area contributed by atoms with Crippen LogP contribution in [-0.4, -0.2) is 46.4 Å². The molecule has 2 aromatic carbocycles. The lowest BCUT2D eigenvalue weighted by Crippen LogP contribution is -2.28. The number of aryl methyl sites for hydroxylation is 1. The van der Waals surface area contributed by atoms with Crippen LogP contribution in [-0.2, 0) is 13.5 Å². The van der Waals surface area contributed by atoms with Crippen molar-refractivity contribution >= 4 is 34.8 Å². The minimum atomic E-state index is -0.411. The van der Waals surface area contributed by atoms with Crippen LogP contribution < -0.4 is 4.74 Å². The molecule has 0 N–H and O–H groups in total. The summed E-state index contributed by atoms with van der Waals surface area (Å²) in [5.41, 5.74) is 2.86. The molecular formula is C31H44ClN3O4. The molecule has 39 heavy (non-hydrogen) atoms. The van der Waals surface area contributed by atoms with Gasteiger partial charge in [-0.05, 0) is 75.5 Å².